The highest BCUT2D eigenvalue weighted by molar-refractivity contribution is 5.59. The lowest BCUT2D eigenvalue weighted by Crippen LogP contribution is -2.40. The summed E-state index contributed by atoms with van der Waals surface area (Å²) in [7, 11) is 0. The maximum Gasteiger partial charge on any atom is 0.232 e. The Kier molecular flexibility index (Phi) is 7.84. The van der Waals surface area contributed by atoms with Gasteiger partial charge in [0.2, 0.25) is 23.8 Å². The van der Waals surface area contributed by atoms with Crippen LogP contribution in [0.1, 0.15) is 55.4 Å². The van der Waals surface area contributed by atoms with Crippen LogP contribution in [-0.2, 0) is 13.1 Å². The Morgan fingerprint density at radius 1 is 0.738 bits per heavy atom. The molecule has 6 N–H and O–H groups in total. The van der Waals surface area contributed by atoms with E-state index in [0.29, 0.717) is 42.6 Å². The van der Waals surface area contributed by atoms with Crippen molar-refractivity contribution in [1.29, 1.82) is 0 Å². The highest BCUT2D eigenvalue weighted by atomic mass is 15.3. The summed E-state index contributed by atoms with van der Waals surface area (Å²) >= 11 is 0. The molecule has 4 aromatic rings. The van der Waals surface area contributed by atoms with Crippen molar-refractivity contribution in [3.05, 3.63) is 71.3 Å². The minimum Gasteiger partial charge on any atom is -0.368 e. The summed E-state index contributed by atoms with van der Waals surface area (Å²) in [5.41, 5.74) is 16.4. The van der Waals surface area contributed by atoms with Gasteiger partial charge in [-0.15, -0.1) is 0 Å². The van der Waals surface area contributed by atoms with E-state index in [9.17, 15) is 0 Å². The Hall–Kier alpha value is -4.38. The summed E-state index contributed by atoms with van der Waals surface area (Å²) in [6.07, 6.45) is 5.24. The average molecular weight is 566 g/mol. The predicted molar refractivity (Wildman–Crippen MR) is 165 cm³/mol. The van der Waals surface area contributed by atoms with Crippen LogP contribution in [0.2, 0.25) is 0 Å². The summed E-state index contributed by atoms with van der Waals surface area (Å²) in [6, 6.07) is 16.3. The quantitative estimate of drug-likeness (QED) is 0.201. The zero-order chi connectivity index (χ0) is 29.2. The normalized spacial score (nSPS) is 20.1. The lowest BCUT2D eigenvalue weighted by molar-refractivity contribution is 0.100. The molecule has 2 fully saturated rings. The second-order valence-electron chi connectivity index (χ2n) is 11.7. The standard InChI is InChI=1S/C31H39N11/c1-18-8-4-6-10-24(18)34-30-38-26(36-28(32)40-30)16-42(20(3)23-15-21-12-13-22(23)14-21)17-27-37-29(33)41-31(39-27)35-25-11-7-5-9-19(25)2/h4-11,20-23H,12-17H2,1-3H3,(H3,32,34,36,38,40)(H3,33,35,37,39,41)/t20-,21-,22-,23+/m0/s1. The monoisotopic (exact) mass is 565 g/mol. The molecule has 0 unspecified atom stereocenters. The van der Waals surface area contributed by atoms with Crippen LogP contribution >= 0.6 is 0 Å². The molecule has 2 aliphatic rings. The van der Waals surface area contributed by atoms with Gasteiger partial charge in [-0.25, -0.2) is 0 Å². The van der Waals surface area contributed by atoms with E-state index in [-0.39, 0.29) is 17.9 Å². The van der Waals surface area contributed by atoms with Gasteiger partial charge in [0, 0.05) is 17.4 Å². The summed E-state index contributed by atoms with van der Waals surface area (Å²) < 4.78 is 0. The maximum atomic E-state index is 6.17. The molecule has 11 heteroatoms. The number of nitrogens with two attached hydrogens (primary N) is 2. The number of nitrogen functional groups attached to an aromatic ring is 2. The summed E-state index contributed by atoms with van der Waals surface area (Å²) in [4.78, 5) is 29.6. The molecule has 6 rings (SSSR count). The van der Waals surface area contributed by atoms with E-state index in [1.165, 1.54) is 25.7 Å². The number of hydrogen-bond acceptors (Lipinski definition) is 11. The van der Waals surface area contributed by atoms with E-state index in [2.05, 4.69) is 42.4 Å². The highest BCUT2D eigenvalue weighted by Crippen LogP contribution is 2.50. The first-order chi connectivity index (χ1) is 20.3. The third-order valence-electron chi connectivity index (χ3n) is 8.86. The number of aromatic nitrogens is 6. The molecule has 2 saturated carbocycles. The second-order valence-corrected chi connectivity index (χ2v) is 11.7. The number of hydrogen-bond donors (Lipinski definition) is 4. The largest absolute Gasteiger partial charge is 0.368 e. The fourth-order valence-corrected chi connectivity index (χ4v) is 6.66. The van der Waals surface area contributed by atoms with Gasteiger partial charge in [-0.05, 0) is 81.0 Å². The molecule has 2 heterocycles. The van der Waals surface area contributed by atoms with Gasteiger partial charge >= 0.3 is 0 Å². The Morgan fingerprint density at radius 3 is 1.71 bits per heavy atom. The fourth-order valence-electron chi connectivity index (χ4n) is 6.66. The van der Waals surface area contributed by atoms with E-state index in [4.69, 9.17) is 21.4 Å². The molecule has 11 nitrogen and oxygen atoms in total. The smallest absolute Gasteiger partial charge is 0.232 e. The molecule has 0 saturated heterocycles. The molecule has 2 aromatic heterocycles. The van der Waals surface area contributed by atoms with Crippen LogP contribution in [0, 0.1) is 31.6 Å². The van der Waals surface area contributed by atoms with Gasteiger partial charge in [-0.3, -0.25) is 4.90 Å². The molecule has 2 aromatic carbocycles. The zero-order valence-electron chi connectivity index (χ0n) is 24.5. The predicted octanol–water partition coefficient (Wildman–Crippen LogP) is 5.15. The number of fused-ring (bicyclic) bond motifs is 2. The first-order valence-electron chi connectivity index (χ1n) is 14.7. The van der Waals surface area contributed by atoms with E-state index in [1.54, 1.807) is 0 Å². The molecule has 0 radical (unpaired) electrons. The van der Waals surface area contributed by atoms with Crippen molar-refractivity contribution in [2.24, 2.45) is 17.8 Å². The second kappa shape index (κ2) is 11.8. The Bertz CT molecular complexity index is 1460. The number of nitrogens with one attached hydrogen (secondary N) is 2. The molecule has 0 amide bonds. The SMILES string of the molecule is Cc1ccccc1Nc1nc(N)nc(CN(Cc2nc(N)nc(Nc3ccccc3C)n2)[C@@H](C)[C@H]2C[C@H]3CC[C@H]2C3)n1. The molecular formula is C31H39N11. The van der Waals surface area contributed by atoms with Crippen molar-refractivity contribution in [2.75, 3.05) is 22.1 Å². The molecule has 4 atom stereocenters. The first-order valence-corrected chi connectivity index (χ1v) is 14.7. The van der Waals surface area contributed by atoms with E-state index in [0.717, 1.165) is 34.3 Å². The summed E-state index contributed by atoms with van der Waals surface area (Å²) in [6.45, 7) is 7.32. The van der Waals surface area contributed by atoms with Gasteiger partial charge in [-0.2, -0.15) is 29.9 Å². The number of anilines is 6. The number of rotatable bonds is 10. The fraction of sp³-hybridized carbons (Fsp3) is 0.419. The number of nitrogens with zero attached hydrogens (tertiary/aromatic N) is 7. The number of para-hydroxylation sites is 2. The Morgan fingerprint density at radius 2 is 1.26 bits per heavy atom. The minimum absolute atomic E-state index is 0.178. The summed E-state index contributed by atoms with van der Waals surface area (Å²) in [5, 5.41) is 6.61. The van der Waals surface area contributed by atoms with Gasteiger partial charge in [0.05, 0.1) is 13.1 Å². The van der Waals surface area contributed by atoms with E-state index >= 15 is 0 Å². The zero-order valence-corrected chi connectivity index (χ0v) is 24.5. The van der Waals surface area contributed by atoms with Crippen LogP contribution in [0.15, 0.2) is 48.5 Å². The lowest BCUT2D eigenvalue weighted by atomic mass is 9.83. The van der Waals surface area contributed by atoms with Gasteiger partial charge in [0.15, 0.2) is 0 Å². The van der Waals surface area contributed by atoms with E-state index in [1.807, 2.05) is 62.4 Å². The van der Waals surface area contributed by atoms with Crippen LogP contribution < -0.4 is 22.1 Å². The molecule has 218 valence electrons. The van der Waals surface area contributed by atoms with Gasteiger partial charge in [0.25, 0.3) is 0 Å². The molecule has 0 spiro atoms. The van der Waals surface area contributed by atoms with Crippen LogP contribution in [0.4, 0.5) is 35.2 Å². The van der Waals surface area contributed by atoms with Crippen molar-refractivity contribution in [2.45, 2.75) is 65.6 Å². The maximum absolute atomic E-state index is 6.17. The van der Waals surface area contributed by atoms with Crippen LogP contribution in [0.3, 0.4) is 0 Å². The average Bonchev–Trinajstić information content (AvgIpc) is 3.59. The van der Waals surface area contributed by atoms with Crippen molar-refractivity contribution in [3.63, 3.8) is 0 Å². The topological polar surface area (TPSA) is 157 Å². The third-order valence-corrected chi connectivity index (χ3v) is 8.86. The molecule has 42 heavy (non-hydrogen) atoms. The van der Waals surface area contributed by atoms with E-state index < -0.39 is 0 Å². The third kappa shape index (κ3) is 6.25. The van der Waals surface area contributed by atoms with Crippen LogP contribution in [0.5, 0.6) is 0 Å². The van der Waals surface area contributed by atoms with Gasteiger partial charge < -0.3 is 22.1 Å². The lowest BCUT2D eigenvalue weighted by Gasteiger charge is -2.36. The number of aryl methyl sites for hydroxylation is 2. The Labute approximate surface area is 246 Å². The molecule has 2 bridgehead atoms. The Balaban J connectivity index is 1.28. The van der Waals surface area contributed by atoms with Gasteiger partial charge in [0.1, 0.15) is 11.6 Å². The van der Waals surface area contributed by atoms with Crippen molar-refractivity contribution in [1.82, 2.24) is 34.8 Å². The van der Waals surface area contributed by atoms with Gasteiger partial charge in [-0.1, -0.05) is 42.8 Å². The molecule has 0 aliphatic heterocycles. The summed E-state index contributed by atoms with van der Waals surface area (Å²) in [5.74, 6) is 4.56. The van der Waals surface area contributed by atoms with Crippen LogP contribution in [0.25, 0.3) is 0 Å². The van der Waals surface area contributed by atoms with Crippen LogP contribution in [-0.4, -0.2) is 40.8 Å². The van der Waals surface area contributed by atoms with Crippen molar-refractivity contribution in [3.8, 4) is 0 Å². The minimum atomic E-state index is 0.178. The molecule has 2 aliphatic carbocycles. The molecular weight excluding hydrogens is 526 g/mol. The highest BCUT2D eigenvalue weighted by Gasteiger charge is 2.43. The number of benzene rings is 2. The first kappa shape index (κ1) is 27.8. The van der Waals surface area contributed by atoms with Crippen molar-refractivity contribution >= 4 is 35.2 Å². The van der Waals surface area contributed by atoms with Crippen molar-refractivity contribution < 1.29 is 0 Å².